The van der Waals surface area contributed by atoms with Gasteiger partial charge < -0.3 is 5.11 Å². The van der Waals surface area contributed by atoms with Gasteiger partial charge in [-0.05, 0) is 41.6 Å². The number of phenolic OH excluding ortho intramolecular Hbond substituents is 1. The van der Waals surface area contributed by atoms with E-state index in [1.54, 1.807) is 6.07 Å². The van der Waals surface area contributed by atoms with E-state index in [0.29, 0.717) is 11.8 Å². The van der Waals surface area contributed by atoms with Crippen LogP contribution in [0, 0.1) is 10.1 Å². The van der Waals surface area contributed by atoms with Gasteiger partial charge in [-0.3, -0.25) is 14.7 Å². The zero-order chi connectivity index (χ0) is 20.5. The number of azo groups is 1. The molecule has 0 aromatic heterocycles. The largest absolute Gasteiger partial charge is 0.506 e. The van der Waals surface area contributed by atoms with Crippen molar-refractivity contribution in [1.29, 1.82) is 0 Å². The van der Waals surface area contributed by atoms with Crippen molar-refractivity contribution in [3.05, 3.63) is 64.2 Å². The van der Waals surface area contributed by atoms with Crippen molar-refractivity contribution in [2.75, 3.05) is 0 Å². The van der Waals surface area contributed by atoms with Crippen LogP contribution in [0.3, 0.4) is 0 Å². The van der Waals surface area contributed by atoms with Crippen LogP contribution in [0.2, 0.25) is 0 Å². The van der Waals surface area contributed by atoms with E-state index in [1.807, 2.05) is 6.92 Å². The fraction of sp³-hybridized carbons (Fsp3) is 0.111. The number of nitro benzene ring substituents is 1. The van der Waals surface area contributed by atoms with E-state index in [2.05, 4.69) is 10.2 Å². The van der Waals surface area contributed by atoms with Gasteiger partial charge in [-0.1, -0.05) is 25.1 Å². The number of phenols is 1. The number of aryl methyl sites for hydroxylation is 1. The van der Waals surface area contributed by atoms with Crippen molar-refractivity contribution in [3.63, 3.8) is 0 Å². The molecule has 0 unspecified atom stereocenters. The standard InChI is InChI=1S/C18H15N3O6S/c1-2-11-3-7-15(16(9-11)21(23)24)19-20-18-14-10-13(28(25,26)27)6-4-12(14)5-8-17(18)22/h3-10,22H,2H2,1H3,(H,25,26,27). The Bertz CT molecular complexity index is 1220. The Morgan fingerprint density at radius 3 is 2.43 bits per heavy atom. The van der Waals surface area contributed by atoms with E-state index in [9.17, 15) is 28.2 Å². The first-order valence-electron chi connectivity index (χ1n) is 8.13. The van der Waals surface area contributed by atoms with Crippen LogP contribution in [0.15, 0.2) is 63.7 Å². The summed E-state index contributed by atoms with van der Waals surface area (Å²) >= 11 is 0. The predicted molar refractivity (Wildman–Crippen MR) is 102 cm³/mol. The lowest BCUT2D eigenvalue weighted by molar-refractivity contribution is -0.384. The maximum absolute atomic E-state index is 11.4. The minimum absolute atomic E-state index is 0.00969. The highest BCUT2D eigenvalue weighted by atomic mass is 32.2. The highest BCUT2D eigenvalue weighted by molar-refractivity contribution is 7.85. The molecular weight excluding hydrogens is 386 g/mol. The van der Waals surface area contributed by atoms with Gasteiger partial charge in [0.15, 0.2) is 5.69 Å². The highest BCUT2D eigenvalue weighted by Gasteiger charge is 2.16. The first-order chi connectivity index (χ1) is 13.2. The average Bonchev–Trinajstić information content (AvgIpc) is 2.65. The van der Waals surface area contributed by atoms with Gasteiger partial charge in [0.1, 0.15) is 11.4 Å². The number of rotatable bonds is 5. The molecule has 0 aliphatic rings. The number of benzene rings is 3. The van der Waals surface area contributed by atoms with Crippen LogP contribution in [0.25, 0.3) is 10.8 Å². The van der Waals surface area contributed by atoms with Gasteiger partial charge in [0.2, 0.25) is 0 Å². The van der Waals surface area contributed by atoms with Crippen LogP contribution in [0.1, 0.15) is 12.5 Å². The number of hydrogen-bond acceptors (Lipinski definition) is 7. The topological polar surface area (TPSA) is 142 Å². The summed E-state index contributed by atoms with van der Waals surface area (Å²) in [5.41, 5.74) is 0.444. The maximum Gasteiger partial charge on any atom is 0.296 e. The van der Waals surface area contributed by atoms with E-state index in [0.717, 1.165) is 11.6 Å². The quantitative estimate of drug-likeness (QED) is 0.275. The third-order valence-corrected chi connectivity index (χ3v) is 4.99. The molecule has 0 saturated carbocycles. The van der Waals surface area contributed by atoms with Gasteiger partial charge in [-0.15, -0.1) is 10.2 Å². The van der Waals surface area contributed by atoms with E-state index in [1.165, 1.54) is 36.4 Å². The van der Waals surface area contributed by atoms with Gasteiger partial charge in [0.25, 0.3) is 15.8 Å². The molecule has 28 heavy (non-hydrogen) atoms. The molecule has 144 valence electrons. The number of nitro groups is 1. The Balaban J connectivity index is 2.17. The zero-order valence-corrected chi connectivity index (χ0v) is 15.4. The molecule has 0 saturated heterocycles. The molecule has 2 N–H and O–H groups in total. The summed E-state index contributed by atoms with van der Waals surface area (Å²) in [7, 11) is -4.46. The molecule has 0 heterocycles. The Kier molecular flexibility index (Phi) is 5.08. The third-order valence-electron chi connectivity index (χ3n) is 4.14. The molecule has 0 amide bonds. The first kappa shape index (κ1) is 19.4. The molecule has 3 aromatic carbocycles. The van der Waals surface area contributed by atoms with Crippen molar-refractivity contribution in [1.82, 2.24) is 0 Å². The summed E-state index contributed by atoms with van der Waals surface area (Å²) in [6.45, 7) is 1.86. The number of aromatic hydroxyl groups is 1. The average molecular weight is 401 g/mol. The maximum atomic E-state index is 11.4. The Hall–Kier alpha value is -3.37. The second-order valence-electron chi connectivity index (χ2n) is 5.93. The summed E-state index contributed by atoms with van der Waals surface area (Å²) in [5.74, 6) is -0.295. The summed E-state index contributed by atoms with van der Waals surface area (Å²) in [6.07, 6.45) is 0.612. The first-order valence-corrected chi connectivity index (χ1v) is 9.57. The normalized spacial score (nSPS) is 11.9. The van der Waals surface area contributed by atoms with Gasteiger partial charge >= 0.3 is 0 Å². The van der Waals surface area contributed by atoms with E-state index in [4.69, 9.17) is 0 Å². The predicted octanol–water partition coefficient (Wildman–Crippen LogP) is 4.68. The smallest absolute Gasteiger partial charge is 0.296 e. The van der Waals surface area contributed by atoms with Crippen molar-refractivity contribution >= 4 is 38.0 Å². The van der Waals surface area contributed by atoms with Crippen LogP contribution in [-0.4, -0.2) is 23.0 Å². The Morgan fingerprint density at radius 1 is 1.07 bits per heavy atom. The van der Waals surface area contributed by atoms with Crippen molar-refractivity contribution in [2.24, 2.45) is 10.2 Å². The number of nitrogens with zero attached hydrogens (tertiary/aromatic N) is 3. The number of fused-ring (bicyclic) bond motifs is 1. The number of hydrogen-bond donors (Lipinski definition) is 2. The van der Waals surface area contributed by atoms with Crippen LogP contribution in [0.5, 0.6) is 5.75 Å². The molecule has 0 aliphatic carbocycles. The van der Waals surface area contributed by atoms with Gasteiger partial charge in [0.05, 0.1) is 9.82 Å². The second-order valence-corrected chi connectivity index (χ2v) is 7.35. The van der Waals surface area contributed by atoms with Crippen molar-refractivity contribution < 1.29 is 23.0 Å². The van der Waals surface area contributed by atoms with Gasteiger partial charge in [-0.2, -0.15) is 8.42 Å². The molecule has 3 rings (SSSR count). The molecule has 10 heteroatoms. The van der Waals surface area contributed by atoms with E-state index < -0.39 is 15.0 Å². The SMILES string of the molecule is CCc1ccc(N=Nc2c(O)ccc3ccc(S(=O)(=O)O)cc23)c([N+](=O)[O-])c1. The summed E-state index contributed by atoms with van der Waals surface area (Å²) in [6, 6.07) is 11.2. The molecule has 9 nitrogen and oxygen atoms in total. The molecule has 0 atom stereocenters. The minimum atomic E-state index is -4.46. The lowest BCUT2D eigenvalue weighted by Gasteiger charge is -2.06. The van der Waals surface area contributed by atoms with Crippen LogP contribution < -0.4 is 0 Å². The molecule has 0 bridgehead atoms. The zero-order valence-electron chi connectivity index (χ0n) is 14.6. The van der Waals surface area contributed by atoms with Crippen molar-refractivity contribution in [2.45, 2.75) is 18.2 Å². The summed E-state index contributed by atoms with van der Waals surface area (Å²) in [5, 5.41) is 30.0. The molecule has 3 aromatic rings. The highest BCUT2D eigenvalue weighted by Crippen LogP contribution is 2.38. The van der Waals surface area contributed by atoms with E-state index in [-0.39, 0.29) is 33.1 Å². The molecule has 0 aliphatic heterocycles. The van der Waals surface area contributed by atoms with Crippen LogP contribution in [-0.2, 0) is 16.5 Å². The Morgan fingerprint density at radius 2 is 1.79 bits per heavy atom. The molecule has 0 radical (unpaired) electrons. The van der Waals surface area contributed by atoms with Crippen molar-refractivity contribution in [3.8, 4) is 5.75 Å². The third kappa shape index (κ3) is 3.82. The molecular formula is C18H15N3O6S. The lowest BCUT2D eigenvalue weighted by atomic mass is 10.1. The second kappa shape index (κ2) is 7.33. The Labute approximate surface area is 159 Å². The molecule has 0 spiro atoms. The molecule has 0 fully saturated rings. The summed E-state index contributed by atoms with van der Waals surface area (Å²) < 4.78 is 32.0. The van der Waals surface area contributed by atoms with Gasteiger partial charge in [0, 0.05) is 11.5 Å². The monoisotopic (exact) mass is 401 g/mol. The lowest BCUT2D eigenvalue weighted by Crippen LogP contribution is -1.97. The fourth-order valence-electron chi connectivity index (χ4n) is 2.66. The summed E-state index contributed by atoms with van der Waals surface area (Å²) in [4.78, 5) is 10.3. The van der Waals surface area contributed by atoms with Crippen LogP contribution >= 0.6 is 0 Å². The van der Waals surface area contributed by atoms with Gasteiger partial charge in [-0.25, -0.2) is 0 Å². The fourth-order valence-corrected chi connectivity index (χ4v) is 3.17. The minimum Gasteiger partial charge on any atom is -0.506 e. The van der Waals surface area contributed by atoms with Crippen LogP contribution in [0.4, 0.5) is 17.1 Å². The van der Waals surface area contributed by atoms with E-state index >= 15 is 0 Å².